The van der Waals surface area contributed by atoms with Gasteiger partial charge in [-0.05, 0) is 67.0 Å². The summed E-state index contributed by atoms with van der Waals surface area (Å²) in [4.78, 5) is 12.8. The van der Waals surface area contributed by atoms with Crippen molar-refractivity contribution in [2.45, 2.75) is 125 Å². The highest BCUT2D eigenvalue weighted by molar-refractivity contribution is 7.99. The molecule has 2 aromatic carbocycles. The molecule has 3 N–H and O–H groups in total. The third-order valence-corrected chi connectivity index (χ3v) is 10.5. The van der Waals surface area contributed by atoms with Gasteiger partial charge in [-0.2, -0.15) is 22.0 Å². The van der Waals surface area contributed by atoms with Crippen LogP contribution < -0.4 is 0 Å². The molecule has 0 radical (unpaired) electrons. The number of carboxylic acid groups (broad SMARTS) is 1. The molecule has 0 bridgehead atoms. The first kappa shape index (κ1) is 36.0. The van der Waals surface area contributed by atoms with Crippen LogP contribution >= 0.6 is 11.8 Å². The Bertz CT molecular complexity index is 1190. The molecule has 0 spiro atoms. The molecule has 0 fully saturated rings. The summed E-state index contributed by atoms with van der Waals surface area (Å²) in [5, 5.41) is 29.4. The number of unbranched alkanes of at least 4 members (excludes halogenated alkanes) is 8. The van der Waals surface area contributed by atoms with Gasteiger partial charge in [0, 0.05) is 22.5 Å². The number of thioether (sulfide) groups is 1. The zero-order valence-electron chi connectivity index (χ0n) is 25.4. The van der Waals surface area contributed by atoms with Crippen molar-refractivity contribution in [2.24, 2.45) is 5.92 Å². The average Bonchev–Trinajstić information content (AvgIpc) is 2.95. The summed E-state index contributed by atoms with van der Waals surface area (Å²) in [6.45, 7) is 2.28. The average molecular weight is 645 g/mol. The Morgan fingerprint density at radius 2 is 1.39 bits per heavy atom. The van der Waals surface area contributed by atoms with Gasteiger partial charge in [-0.15, -0.1) is 11.8 Å². The molecule has 3 atom stereocenters. The van der Waals surface area contributed by atoms with Crippen LogP contribution in [0.1, 0.15) is 114 Å². The molecule has 10 heteroatoms. The van der Waals surface area contributed by atoms with Gasteiger partial charge >= 0.3 is 18.1 Å². The molecule has 4 nitrogen and oxygen atoms in total. The lowest BCUT2D eigenvalue weighted by atomic mass is 9.68. The number of fused-ring (bicyclic) bond motifs is 1. The van der Waals surface area contributed by atoms with E-state index < -0.39 is 30.4 Å². The summed E-state index contributed by atoms with van der Waals surface area (Å²) in [6.07, 6.45) is 1.94. The van der Waals surface area contributed by atoms with E-state index in [1.165, 1.54) is 11.1 Å². The highest BCUT2D eigenvalue weighted by atomic mass is 32.2. The largest absolute Gasteiger partial charge is 0.508 e. The molecule has 0 amide bonds. The second kappa shape index (κ2) is 16.2. The van der Waals surface area contributed by atoms with Gasteiger partial charge in [0.2, 0.25) is 0 Å². The molecule has 2 aromatic rings. The standard InChI is InChI=1S/C34H45F5O4S/c1-32(25-15-17-26(40)18-16-25)23-44-30-22-27(41)19-20-28(30)29(32)14-10-5-3-2-4-8-12-24(31(42)43)13-9-6-7-11-21-33(35,36)34(37,38)39/h15-20,22,24,29,40-41H,2-14,21,23H2,1H3,(H,42,43). The zero-order chi connectivity index (χ0) is 32.4. The Labute approximate surface area is 261 Å². The van der Waals surface area contributed by atoms with Crippen LogP contribution in [0.4, 0.5) is 22.0 Å². The number of benzene rings is 2. The Kier molecular flexibility index (Phi) is 13.2. The van der Waals surface area contributed by atoms with E-state index >= 15 is 0 Å². The smallest absolute Gasteiger partial charge is 0.453 e. The summed E-state index contributed by atoms with van der Waals surface area (Å²) >= 11 is 1.75. The summed E-state index contributed by atoms with van der Waals surface area (Å²) in [5.74, 6) is -4.43. The van der Waals surface area contributed by atoms with Crippen molar-refractivity contribution in [3.8, 4) is 11.5 Å². The van der Waals surface area contributed by atoms with E-state index in [4.69, 9.17) is 0 Å². The summed E-state index contributed by atoms with van der Waals surface area (Å²) in [6, 6.07) is 13.1. The first-order valence-corrected chi connectivity index (χ1v) is 16.7. The fourth-order valence-corrected chi connectivity index (χ4v) is 7.68. The number of carbonyl (C=O) groups is 1. The number of carboxylic acids is 1. The van der Waals surface area contributed by atoms with Gasteiger partial charge in [0.1, 0.15) is 11.5 Å². The van der Waals surface area contributed by atoms with Gasteiger partial charge in [-0.3, -0.25) is 4.79 Å². The molecule has 0 aliphatic carbocycles. The van der Waals surface area contributed by atoms with Crippen molar-refractivity contribution in [1.82, 2.24) is 0 Å². The van der Waals surface area contributed by atoms with Crippen LogP contribution in [0.3, 0.4) is 0 Å². The minimum Gasteiger partial charge on any atom is -0.508 e. The lowest BCUT2D eigenvalue weighted by molar-refractivity contribution is -0.284. The maximum atomic E-state index is 13.0. The van der Waals surface area contributed by atoms with Crippen LogP contribution in [-0.2, 0) is 10.2 Å². The number of hydrogen-bond donors (Lipinski definition) is 3. The van der Waals surface area contributed by atoms with Crippen LogP contribution in [0.2, 0.25) is 0 Å². The Hall–Kier alpha value is -2.49. The van der Waals surface area contributed by atoms with Crippen LogP contribution in [0.25, 0.3) is 0 Å². The summed E-state index contributed by atoms with van der Waals surface area (Å²) in [7, 11) is 0. The van der Waals surface area contributed by atoms with Gasteiger partial charge in [-0.25, -0.2) is 0 Å². The number of rotatable bonds is 18. The van der Waals surface area contributed by atoms with Crippen LogP contribution in [0, 0.1) is 5.92 Å². The first-order valence-electron chi connectivity index (χ1n) is 15.7. The first-order chi connectivity index (χ1) is 20.7. The zero-order valence-corrected chi connectivity index (χ0v) is 26.2. The predicted octanol–water partition coefficient (Wildman–Crippen LogP) is 10.6. The topological polar surface area (TPSA) is 77.8 Å². The van der Waals surface area contributed by atoms with Crippen molar-refractivity contribution in [3.63, 3.8) is 0 Å². The molecular formula is C34H45F5O4S. The highest BCUT2D eigenvalue weighted by Gasteiger charge is 2.56. The Morgan fingerprint density at radius 3 is 1.98 bits per heavy atom. The molecule has 1 aliphatic heterocycles. The van der Waals surface area contributed by atoms with Crippen molar-refractivity contribution in [1.29, 1.82) is 0 Å². The minimum absolute atomic E-state index is 0.123. The van der Waals surface area contributed by atoms with E-state index in [0.29, 0.717) is 25.7 Å². The summed E-state index contributed by atoms with van der Waals surface area (Å²) in [5.41, 5.74) is 2.30. The summed E-state index contributed by atoms with van der Waals surface area (Å²) < 4.78 is 62.7. The number of alkyl halides is 5. The highest BCUT2D eigenvalue weighted by Crippen LogP contribution is 2.52. The van der Waals surface area contributed by atoms with Crippen molar-refractivity contribution >= 4 is 17.7 Å². The third kappa shape index (κ3) is 10.0. The van der Waals surface area contributed by atoms with Gasteiger partial charge in [0.05, 0.1) is 5.92 Å². The molecular weight excluding hydrogens is 599 g/mol. The van der Waals surface area contributed by atoms with Crippen LogP contribution in [0.15, 0.2) is 47.4 Å². The van der Waals surface area contributed by atoms with Gasteiger partial charge in [0.25, 0.3) is 0 Å². The minimum atomic E-state index is -5.52. The number of phenolic OH excluding ortho intramolecular Hbond substituents is 2. The molecule has 246 valence electrons. The molecule has 3 unspecified atom stereocenters. The fourth-order valence-electron chi connectivity index (χ4n) is 6.28. The van der Waals surface area contributed by atoms with E-state index in [1.807, 2.05) is 24.3 Å². The molecule has 1 heterocycles. The van der Waals surface area contributed by atoms with E-state index in [9.17, 15) is 42.1 Å². The Morgan fingerprint density at radius 1 is 0.841 bits per heavy atom. The maximum absolute atomic E-state index is 13.0. The van der Waals surface area contributed by atoms with Crippen LogP contribution in [-0.4, -0.2) is 39.1 Å². The molecule has 1 aliphatic rings. The van der Waals surface area contributed by atoms with Gasteiger partial charge in [0.15, 0.2) is 0 Å². The molecule has 3 rings (SSSR count). The monoisotopic (exact) mass is 644 g/mol. The normalized spacial score (nSPS) is 19.5. The Balaban J connectivity index is 1.37. The molecule has 0 saturated carbocycles. The second-order valence-corrected chi connectivity index (χ2v) is 13.4. The molecule has 0 saturated heterocycles. The van der Waals surface area contributed by atoms with Gasteiger partial charge < -0.3 is 15.3 Å². The van der Waals surface area contributed by atoms with Crippen molar-refractivity contribution < 1.29 is 42.1 Å². The number of aliphatic carboxylic acids is 1. The molecule has 0 aromatic heterocycles. The number of aromatic hydroxyl groups is 2. The van der Waals surface area contributed by atoms with E-state index in [-0.39, 0.29) is 35.7 Å². The van der Waals surface area contributed by atoms with E-state index in [0.717, 1.165) is 55.6 Å². The maximum Gasteiger partial charge on any atom is 0.453 e. The van der Waals surface area contributed by atoms with E-state index in [2.05, 4.69) is 6.92 Å². The molecule has 44 heavy (non-hydrogen) atoms. The number of halogens is 5. The lowest BCUT2D eigenvalue weighted by Gasteiger charge is -2.43. The van der Waals surface area contributed by atoms with Crippen LogP contribution in [0.5, 0.6) is 11.5 Å². The quantitative estimate of drug-likeness (QED) is 0.111. The predicted molar refractivity (Wildman–Crippen MR) is 164 cm³/mol. The second-order valence-electron chi connectivity index (χ2n) is 12.4. The van der Waals surface area contributed by atoms with Crippen molar-refractivity contribution in [3.05, 3.63) is 53.6 Å². The fraction of sp³-hybridized carbons (Fsp3) is 0.618. The number of phenols is 2. The lowest BCUT2D eigenvalue weighted by Crippen LogP contribution is -2.36. The van der Waals surface area contributed by atoms with Crippen molar-refractivity contribution in [2.75, 3.05) is 5.75 Å². The third-order valence-electron chi connectivity index (χ3n) is 9.05. The number of hydrogen-bond acceptors (Lipinski definition) is 4. The van der Waals surface area contributed by atoms with E-state index in [1.54, 1.807) is 30.0 Å². The SMILES string of the molecule is CC1(c2ccc(O)cc2)CSc2cc(O)ccc2C1CCCCCCCCC(CCCCCCC(F)(F)C(F)(F)F)C(=O)O. The van der Waals surface area contributed by atoms with Gasteiger partial charge in [-0.1, -0.05) is 82.9 Å².